The van der Waals surface area contributed by atoms with E-state index in [1.54, 1.807) is 12.0 Å². The van der Waals surface area contributed by atoms with Crippen molar-refractivity contribution in [3.05, 3.63) is 29.8 Å². The molecule has 1 aliphatic carbocycles. The van der Waals surface area contributed by atoms with Gasteiger partial charge in [-0.1, -0.05) is 66.0 Å². The van der Waals surface area contributed by atoms with E-state index in [-0.39, 0.29) is 11.7 Å². The van der Waals surface area contributed by atoms with E-state index in [0.29, 0.717) is 17.1 Å². The second-order valence-corrected chi connectivity index (χ2v) is 10.3. The Balaban J connectivity index is 1.88. The van der Waals surface area contributed by atoms with E-state index < -0.39 is 0 Å². The first kappa shape index (κ1) is 21.6. The molecule has 0 aromatic heterocycles. The molecule has 0 aliphatic heterocycles. The van der Waals surface area contributed by atoms with Gasteiger partial charge in [0, 0.05) is 5.25 Å². The second-order valence-electron chi connectivity index (χ2n) is 9.26. The molecule has 1 aromatic rings. The molecular weight excluding hydrogens is 340 g/mol. The Morgan fingerprint density at radius 1 is 1.00 bits per heavy atom. The molecule has 0 N–H and O–H groups in total. The zero-order valence-corrected chi connectivity index (χ0v) is 18.4. The van der Waals surface area contributed by atoms with Crippen molar-refractivity contribution in [2.75, 3.05) is 0 Å². The zero-order chi connectivity index (χ0) is 19.2. The van der Waals surface area contributed by atoms with E-state index in [9.17, 15) is 0 Å². The average molecular weight is 379 g/mol. The molecule has 0 amide bonds. The Kier molecular flexibility index (Phi) is 8.35. The monoisotopic (exact) mass is 378 g/mol. The van der Waals surface area contributed by atoms with Gasteiger partial charge in [-0.05, 0) is 73.2 Å². The molecule has 0 radical (unpaired) electrons. The van der Waals surface area contributed by atoms with Crippen LogP contribution in [0.5, 0.6) is 5.75 Å². The molecule has 1 aliphatic rings. The van der Waals surface area contributed by atoms with Crippen LogP contribution in [0.2, 0.25) is 0 Å². The Bertz CT molecular complexity index is 512. The topological polar surface area (TPSA) is 18.5 Å². The summed E-state index contributed by atoms with van der Waals surface area (Å²) < 4.78 is 11.8. The maximum Gasteiger partial charge on any atom is 0.209 e. The summed E-state index contributed by atoms with van der Waals surface area (Å²) in [5, 5.41) is 0.640. The first-order chi connectivity index (χ1) is 12.3. The fourth-order valence-corrected chi connectivity index (χ4v) is 4.65. The molecule has 0 heterocycles. The quantitative estimate of drug-likeness (QED) is 0.343. The summed E-state index contributed by atoms with van der Waals surface area (Å²) in [7, 11) is 0. The highest BCUT2D eigenvalue weighted by Crippen LogP contribution is 2.40. The van der Waals surface area contributed by atoms with Gasteiger partial charge in [0.1, 0.15) is 5.75 Å². The predicted octanol–water partition coefficient (Wildman–Crippen LogP) is 7.58. The maximum atomic E-state index is 5.96. The minimum atomic E-state index is -0.221. The molecular formula is C23H38O2S. The molecule has 0 spiro atoms. The number of hydrogen-bond donors (Lipinski definition) is 0. The number of hydrogen-bond acceptors (Lipinski definition) is 3. The van der Waals surface area contributed by atoms with Gasteiger partial charge >= 0.3 is 0 Å². The van der Waals surface area contributed by atoms with Crippen molar-refractivity contribution in [2.24, 2.45) is 11.3 Å². The van der Waals surface area contributed by atoms with E-state index in [2.05, 4.69) is 58.9 Å². The van der Waals surface area contributed by atoms with Crippen LogP contribution in [0.15, 0.2) is 24.3 Å². The minimum absolute atomic E-state index is 0.221. The Labute approximate surface area is 165 Å². The molecule has 148 valence electrons. The minimum Gasteiger partial charge on any atom is -0.464 e. The zero-order valence-electron chi connectivity index (χ0n) is 17.6. The Morgan fingerprint density at radius 3 is 2.15 bits per heavy atom. The highest BCUT2D eigenvalue weighted by atomic mass is 32.2. The SMILES string of the molecule is CC(C)CC(c1ccc(OC(C)OSC2CCCCC2)cc1)C(C)(C)C. The number of benzene rings is 1. The third-order valence-electron chi connectivity index (χ3n) is 5.22. The highest BCUT2D eigenvalue weighted by molar-refractivity contribution is 7.95. The third kappa shape index (κ3) is 7.15. The van der Waals surface area contributed by atoms with Crippen molar-refractivity contribution >= 4 is 12.0 Å². The third-order valence-corrected chi connectivity index (χ3v) is 6.34. The fourth-order valence-electron chi connectivity index (χ4n) is 3.77. The molecule has 2 rings (SSSR count). The van der Waals surface area contributed by atoms with Crippen LogP contribution in [0.3, 0.4) is 0 Å². The Hall–Kier alpha value is -0.670. The van der Waals surface area contributed by atoms with E-state index in [0.717, 1.165) is 5.75 Å². The summed E-state index contributed by atoms with van der Waals surface area (Å²) in [5.41, 5.74) is 1.67. The fraction of sp³-hybridized carbons (Fsp3) is 0.739. The molecule has 0 bridgehead atoms. The number of rotatable bonds is 8. The van der Waals surface area contributed by atoms with Crippen molar-refractivity contribution in [1.82, 2.24) is 0 Å². The van der Waals surface area contributed by atoms with Crippen LogP contribution in [0.4, 0.5) is 0 Å². The van der Waals surface area contributed by atoms with Crippen LogP contribution in [0, 0.1) is 11.3 Å². The van der Waals surface area contributed by atoms with Gasteiger partial charge in [0.15, 0.2) is 0 Å². The summed E-state index contributed by atoms with van der Waals surface area (Å²) in [4.78, 5) is 0. The van der Waals surface area contributed by atoms with Crippen molar-refractivity contribution < 1.29 is 8.92 Å². The molecule has 26 heavy (non-hydrogen) atoms. The lowest BCUT2D eigenvalue weighted by atomic mass is 9.72. The standard InChI is InChI=1S/C23H38O2S/c1-17(2)16-22(23(4,5)6)19-12-14-20(15-13-19)24-18(3)25-26-21-10-8-7-9-11-21/h12-15,17-18,21-22H,7-11,16H2,1-6H3. The molecule has 2 atom stereocenters. The summed E-state index contributed by atoms with van der Waals surface area (Å²) in [5.74, 6) is 2.15. The lowest BCUT2D eigenvalue weighted by molar-refractivity contribution is 0.0394. The van der Waals surface area contributed by atoms with Crippen LogP contribution in [0.1, 0.15) is 91.5 Å². The van der Waals surface area contributed by atoms with Crippen LogP contribution >= 0.6 is 12.0 Å². The second kappa shape index (κ2) is 10.0. The van der Waals surface area contributed by atoms with Gasteiger partial charge in [0.25, 0.3) is 0 Å². The van der Waals surface area contributed by atoms with Gasteiger partial charge in [-0.3, -0.25) is 4.18 Å². The van der Waals surface area contributed by atoms with Gasteiger partial charge in [0.05, 0.1) is 0 Å². The van der Waals surface area contributed by atoms with Gasteiger partial charge in [-0.15, -0.1) is 0 Å². The maximum absolute atomic E-state index is 5.96. The van der Waals surface area contributed by atoms with Crippen LogP contribution < -0.4 is 4.74 Å². The van der Waals surface area contributed by atoms with Crippen molar-refractivity contribution in [2.45, 2.75) is 97.5 Å². The van der Waals surface area contributed by atoms with Crippen molar-refractivity contribution in [3.63, 3.8) is 0 Å². The van der Waals surface area contributed by atoms with Gasteiger partial charge in [0.2, 0.25) is 6.29 Å². The smallest absolute Gasteiger partial charge is 0.209 e. The largest absolute Gasteiger partial charge is 0.464 e. The van der Waals surface area contributed by atoms with E-state index in [1.165, 1.54) is 44.1 Å². The van der Waals surface area contributed by atoms with Crippen molar-refractivity contribution in [1.29, 1.82) is 0 Å². The van der Waals surface area contributed by atoms with E-state index in [4.69, 9.17) is 8.92 Å². The molecule has 1 aromatic carbocycles. The average Bonchev–Trinajstić information content (AvgIpc) is 2.59. The highest BCUT2D eigenvalue weighted by Gasteiger charge is 2.27. The molecule has 2 nitrogen and oxygen atoms in total. The molecule has 3 heteroatoms. The van der Waals surface area contributed by atoms with Gasteiger partial charge in [-0.25, -0.2) is 0 Å². The van der Waals surface area contributed by atoms with Gasteiger partial charge in [-0.2, -0.15) is 0 Å². The molecule has 1 fully saturated rings. The summed E-state index contributed by atoms with van der Waals surface area (Å²) >= 11 is 1.62. The first-order valence-corrected chi connectivity index (χ1v) is 11.1. The van der Waals surface area contributed by atoms with Crippen molar-refractivity contribution in [3.8, 4) is 5.75 Å². The van der Waals surface area contributed by atoms with E-state index >= 15 is 0 Å². The summed E-state index contributed by atoms with van der Waals surface area (Å²) in [6.07, 6.45) is 7.59. The number of ether oxygens (including phenoxy) is 1. The molecule has 1 saturated carbocycles. The molecule has 0 saturated heterocycles. The van der Waals surface area contributed by atoms with E-state index in [1.807, 2.05) is 6.92 Å². The van der Waals surface area contributed by atoms with Crippen LogP contribution in [-0.4, -0.2) is 11.5 Å². The Morgan fingerprint density at radius 2 is 1.62 bits per heavy atom. The van der Waals surface area contributed by atoms with Gasteiger partial charge < -0.3 is 4.74 Å². The predicted molar refractivity (Wildman–Crippen MR) is 114 cm³/mol. The lowest BCUT2D eigenvalue weighted by Crippen LogP contribution is -2.20. The normalized spacial score (nSPS) is 18.7. The molecule has 2 unspecified atom stereocenters. The van der Waals surface area contributed by atoms with Crippen LogP contribution in [-0.2, 0) is 4.18 Å². The summed E-state index contributed by atoms with van der Waals surface area (Å²) in [6.45, 7) is 13.6. The lowest BCUT2D eigenvalue weighted by Gasteiger charge is -2.32. The van der Waals surface area contributed by atoms with Crippen LogP contribution in [0.25, 0.3) is 0 Å². The summed E-state index contributed by atoms with van der Waals surface area (Å²) in [6, 6.07) is 8.66. The first-order valence-electron chi connectivity index (χ1n) is 10.3.